The van der Waals surface area contributed by atoms with E-state index in [2.05, 4.69) is 5.32 Å². The Kier molecular flexibility index (Phi) is 5.22. The molecule has 3 N–H and O–H groups in total. The minimum atomic E-state index is -3.67. The maximum Gasteiger partial charge on any atom is 0.256 e. The fourth-order valence-electron chi connectivity index (χ4n) is 2.15. The van der Waals surface area contributed by atoms with Crippen LogP contribution in [0.2, 0.25) is 0 Å². The van der Waals surface area contributed by atoms with Crippen molar-refractivity contribution in [1.82, 2.24) is 0 Å². The molecule has 8 heteroatoms. The maximum absolute atomic E-state index is 13.5. The fraction of sp³-hybridized carbons (Fsp3) is 0.176. The SMILES string of the molecule is CC(C)S(=O)(=O)c1ccccc1C(=O)Nc1ccc(F)c(C(N)=O)c1. The Morgan fingerprint density at radius 3 is 2.32 bits per heavy atom. The van der Waals surface area contributed by atoms with E-state index in [-0.39, 0.29) is 21.7 Å². The van der Waals surface area contributed by atoms with Gasteiger partial charge in [0.05, 0.1) is 21.3 Å². The first-order valence-electron chi connectivity index (χ1n) is 7.38. The average Bonchev–Trinajstić information content (AvgIpc) is 2.56. The number of nitrogens with two attached hydrogens (primary N) is 1. The molecule has 2 aromatic carbocycles. The molecule has 0 spiro atoms. The zero-order chi connectivity index (χ0) is 18.8. The molecule has 0 heterocycles. The van der Waals surface area contributed by atoms with E-state index >= 15 is 0 Å². The summed E-state index contributed by atoms with van der Waals surface area (Å²) < 4.78 is 38.3. The molecule has 0 aliphatic heterocycles. The van der Waals surface area contributed by atoms with Crippen LogP contribution in [-0.4, -0.2) is 25.5 Å². The molecule has 0 bridgehead atoms. The number of anilines is 1. The standard InChI is InChI=1S/C17H17FN2O4S/c1-10(2)25(23,24)15-6-4-3-5-12(15)17(22)20-11-7-8-14(18)13(9-11)16(19)21/h3-10H,1-2H3,(H2,19,21)(H,20,22). The van der Waals surface area contributed by atoms with E-state index in [1.807, 2.05) is 0 Å². The highest BCUT2D eigenvalue weighted by Gasteiger charge is 2.25. The highest BCUT2D eigenvalue weighted by atomic mass is 32.2. The van der Waals surface area contributed by atoms with Crippen molar-refractivity contribution in [3.63, 3.8) is 0 Å². The first-order valence-corrected chi connectivity index (χ1v) is 8.93. The molecule has 0 fully saturated rings. The predicted octanol–water partition coefficient (Wildman–Crippen LogP) is 2.36. The van der Waals surface area contributed by atoms with Crippen LogP contribution in [0.1, 0.15) is 34.6 Å². The molecule has 2 rings (SSSR count). The van der Waals surface area contributed by atoms with Gasteiger partial charge in [-0.1, -0.05) is 12.1 Å². The minimum Gasteiger partial charge on any atom is -0.366 e. The molecule has 132 valence electrons. The normalized spacial score (nSPS) is 11.4. The molecule has 0 aliphatic rings. The van der Waals surface area contributed by atoms with E-state index in [1.165, 1.54) is 44.2 Å². The lowest BCUT2D eigenvalue weighted by atomic mass is 10.1. The lowest BCUT2D eigenvalue weighted by Gasteiger charge is -2.13. The van der Waals surface area contributed by atoms with Gasteiger partial charge in [-0.3, -0.25) is 9.59 Å². The highest BCUT2D eigenvalue weighted by Crippen LogP contribution is 2.22. The van der Waals surface area contributed by atoms with Gasteiger partial charge in [-0.25, -0.2) is 12.8 Å². The molecule has 0 unspecified atom stereocenters. The average molecular weight is 364 g/mol. The lowest BCUT2D eigenvalue weighted by molar-refractivity contribution is 0.0992. The predicted molar refractivity (Wildman–Crippen MR) is 91.6 cm³/mol. The van der Waals surface area contributed by atoms with Crippen LogP contribution in [0.25, 0.3) is 0 Å². The minimum absolute atomic E-state index is 0.0406. The number of hydrogen-bond acceptors (Lipinski definition) is 4. The summed E-state index contributed by atoms with van der Waals surface area (Å²) in [5.41, 5.74) is 4.78. The smallest absolute Gasteiger partial charge is 0.256 e. The first kappa shape index (κ1) is 18.6. The Labute approximate surface area is 144 Å². The van der Waals surface area contributed by atoms with E-state index in [9.17, 15) is 22.4 Å². The summed E-state index contributed by atoms with van der Waals surface area (Å²) >= 11 is 0. The van der Waals surface area contributed by atoms with E-state index in [1.54, 1.807) is 0 Å². The van der Waals surface area contributed by atoms with Crippen molar-refractivity contribution in [3.05, 3.63) is 59.4 Å². The van der Waals surface area contributed by atoms with Gasteiger partial charge in [0, 0.05) is 5.69 Å². The molecule has 6 nitrogen and oxygen atoms in total. The van der Waals surface area contributed by atoms with E-state index in [0.29, 0.717) is 0 Å². The first-order chi connectivity index (χ1) is 11.6. The quantitative estimate of drug-likeness (QED) is 0.849. The highest BCUT2D eigenvalue weighted by molar-refractivity contribution is 7.92. The molecule has 0 radical (unpaired) electrons. The number of nitrogens with one attached hydrogen (secondary N) is 1. The van der Waals surface area contributed by atoms with Crippen molar-refractivity contribution in [2.75, 3.05) is 5.32 Å². The van der Waals surface area contributed by atoms with Gasteiger partial charge in [0.2, 0.25) is 0 Å². The van der Waals surface area contributed by atoms with Crippen LogP contribution in [0.4, 0.5) is 10.1 Å². The summed E-state index contributed by atoms with van der Waals surface area (Å²) in [6.45, 7) is 3.03. The number of hydrogen-bond donors (Lipinski definition) is 2. The van der Waals surface area contributed by atoms with Crippen LogP contribution >= 0.6 is 0 Å². The van der Waals surface area contributed by atoms with Crippen molar-refractivity contribution < 1.29 is 22.4 Å². The zero-order valence-electron chi connectivity index (χ0n) is 13.6. The van der Waals surface area contributed by atoms with Crippen LogP contribution in [0, 0.1) is 5.82 Å². The van der Waals surface area contributed by atoms with Crippen LogP contribution in [0.15, 0.2) is 47.4 Å². The van der Waals surface area contributed by atoms with Gasteiger partial charge in [0.1, 0.15) is 5.82 Å². The van der Waals surface area contributed by atoms with Crippen molar-refractivity contribution in [1.29, 1.82) is 0 Å². The number of sulfone groups is 1. The maximum atomic E-state index is 13.5. The third-order valence-electron chi connectivity index (χ3n) is 3.55. The number of rotatable bonds is 5. The van der Waals surface area contributed by atoms with E-state index < -0.39 is 32.7 Å². The van der Waals surface area contributed by atoms with Crippen LogP contribution in [0.3, 0.4) is 0 Å². The van der Waals surface area contributed by atoms with Crippen molar-refractivity contribution in [3.8, 4) is 0 Å². The molecule has 0 saturated heterocycles. The second-order valence-electron chi connectivity index (χ2n) is 5.60. The van der Waals surface area contributed by atoms with Crippen molar-refractivity contribution >= 4 is 27.3 Å². The molecular formula is C17H17FN2O4S. The largest absolute Gasteiger partial charge is 0.366 e. The van der Waals surface area contributed by atoms with Gasteiger partial charge in [-0.05, 0) is 44.2 Å². The molecule has 0 aromatic heterocycles. The number of halogens is 1. The summed E-state index contributed by atoms with van der Waals surface area (Å²) in [5.74, 6) is -2.48. The van der Waals surface area contributed by atoms with Crippen LogP contribution < -0.4 is 11.1 Å². The molecule has 2 amide bonds. The Morgan fingerprint density at radius 2 is 1.72 bits per heavy atom. The zero-order valence-corrected chi connectivity index (χ0v) is 14.4. The number of primary amides is 1. The van der Waals surface area contributed by atoms with Crippen LogP contribution in [0.5, 0.6) is 0 Å². The van der Waals surface area contributed by atoms with Crippen LogP contribution in [-0.2, 0) is 9.84 Å². The summed E-state index contributed by atoms with van der Waals surface area (Å²) in [7, 11) is -3.67. The molecule has 0 aliphatic carbocycles. The van der Waals surface area contributed by atoms with Crippen molar-refractivity contribution in [2.45, 2.75) is 24.0 Å². The lowest BCUT2D eigenvalue weighted by Crippen LogP contribution is -2.21. The van der Waals surface area contributed by atoms with Gasteiger partial charge in [0.25, 0.3) is 11.8 Å². The molecule has 0 atom stereocenters. The Bertz CT molecular complexity index is 939. The van der Waals surface area contributed by atoms with Gasteiger partial charge in [-0.15, -0.1) is 0 Å². The van der Waals surface area contributed by atoms with E-state index in [0.717, 1.165) is 12.1 Å². The summed E-state index contributed by atoms with van der Waals surface area (Å²) in [4.78, 5) is 23.6. The van der Waals surface area contributed by atoms with Gasteiger partial charge in [0.15, 0.2) is 9.84 Å². The second-order valence-corrected chi connectivity index (χ2v) is 8.08. The van der Waals surface area contributed by atoms with Crippen molar-refractivity contribution in [2.24, 2.45) is 5.73 Å². The number of benzene rings is 2. The third-order valence-corrected chi connectivity index (χ3v) is 5.76. The monoisotopic (exact) mass is 364 g/mol. The Balaban J connectivity index is 2.41. The van der Waals surface area contributed by atoms with Gasteiger partial charge < -0.3 is 11.1 Å². The molecule has 2 aromatic rings. The van der Waals surface area contributed by atoms with Gasteiger partial charge in [-0.2, -0.15) is 0 Å². The topological polar surface area (TPSA) is 106 Å². The third kappa shape index (κ3) is 3.85. The summed E-state index contributed by atoms with van der Waals surface area (Å²) in [6, 6.07) is 9.12. The molecular weight excluding hydrogens is 347 g/mol. The van der Waals surface area contributed by atoms with Gasteiger partial charge >= 0.3 is 0 Å². The number of carbonyl (C=O) groups excluding carboxylic acids is 2. The molecule has 0 saturated carbocycles. The number of carbonyl (C=O) groups is 2. The summed E-state index contributed by atoms with van der Waals surface area (Å²) in [6.07, 6.45) is 0. The second kappa shape index (κ2) is 7.02. The number of amides is 2. The fourth-order valence-corrected chi connectivity index (χ4v) is 3.39. The Hall–Kier alpha value is -2.74. The Morgan fingerprint density at radius 1 is 1.08 bits per heavy atom. The summed E-state index contributed by atoms with van der Waals surface area (Å²) in [5, 5.41) is 1.75. The van der Waals surface area contributed by atoms with E-state index in [4.69, 9.17) is 5.73 Å². The molecule has 25 heavy (non-hydrogen) atoms.